The van der Waals surface area contributed by atoms with E-state index >= 15 is 0 Å². The highest BCUT2D eigenvalue weighted by Crippen LogP contribution is 2.30. The number of unbranched alkanes of at least 4 members (excludes halogenated alkanes) is 3. The Morgan fingerprint density at radius 1 is 1.10 bits per heavy atom. The van der Waals surface area contributed by atoms with Gasteiger partial charge in [0, 0.05) is 38.4 Å². The molecule has 0 unspecified atom stereocenters. The summed E-state index contributed by atoms with van der Waals surface area (Å²) in [5, 5.41) is 24.9. The summed E-state index contributed by atoms with van der Waals surface area (Å²) in [4.78, 5) is 56.7. The van der Waals surface area contributed by atoms with Gasteiger partial charge >= 0.3 is 5.97 Å². The van der Waals surface area contributed by atoms with Crippen LogP contribution in [-0.2, 0) is 25.7 Å². The number of thiazole rings is 1. The third kappa shape index (κ3) is 8.84. The lowest BCUT2D eigenvalue weighted by Crippen LogP contribution is -2.55. The van der Waals surface area contributed by atoms with E-state index in [4.69, 9.17) is 5.11 Å². The first-order chi connectivity index (χ1) is 19.4. The second-order valence-corrected chi connectivity index (χ2v) is 12.2. The van der Waals surface area contributed by atoms with Crippen LogP contribution in [0.1, 0.15) is 77.0 Å². The molecule has 0 saturated carbocycles. The van der Waals surface area contributed by atoms with E-state index in [0.717, 1.165) is 34.5 Å². The highest BCUT2D eigenvalue weighted by molar-refractivity contribution is 7.13. The van der Waals surface area contributed by atoms with Crippen LogP contribution in [0.4, 0.5) is 0 Å². The van der Waals surface area contributed by atoms with E-state index in [-0.39, 0.29) is 37.1 Å². The molecule has 1 aliphatic rings. The molecule has 3 amide bonds. The molecule has 0 bridgehead atoms. The number of carboxylic acids is 1. The molecule has 10 nitrogen and oxygen atoms in total. The molecule has 4 N–H and O–H groups in total. The van der Waals surface area contributed by atoms with Crippen molar-refractivity contribution in [2.75, 3.05) is 6.54 Å². The summed E-state index contributed by atoms with van der Waals surface area (Å²) in [7, 11) is 0. The van der Waals surface area contributed by atoms with Crippen LogP contribution in [0.5, 0.6) is 0 Å². The highest BCUT2D eigenvalue weighted by Gasteiger charge is 2.46. The fraction of sp³-hybridized carbons (Fsp3) is 0.567. The highest BCUT2D eigenvalue weighted by atomic mass is 32.1. The van der Waals surface area contributed by atoms with Crippen molar-refractivity contribution in [2.24, 2.45) is 5.41 Å². The van der Waals surface area contributed by atoms with Crippen molar-refractivity contribution in [2.45, 2.75) is 97.4 Å². The van der Waals surface area contributed by atoms with E-state index < -0.39 is 29.6 Å². The van der Waals surface area contributed by atoms with E-state index in [2.05, 4.69) is 15.6 Å². The molecule has 3 atom stereocenters. The Hall–Kier alpha value is -3.31. The van der Waals surface area contributed by atoms with Crippen molar-refractivity contribution >= 4 is 35.0 Å². The number of aliphatic hydroxyl groups excluding tert-OH is 1. The van der Waals surface area contributed by atoms with Crippen molar-refractivity contribution < 1.29 is 29.4 Å². The number of amides is 3. The molecular weight excluding hydrogens is 544 g/mol. The number of aromatic nitrogens is 1. The van der Waals surface area contributed by atoms with Gasteiger partial charge in [0.1, 0.15) is 6.04 Å². The zero-order valence-electron chi connectivity index (χ0n) is 24.3. The van der Waals surface area contributed by atoms with Crippen molar-refractivity contribution in [3.63, 3.8) is 0 Å². The van der Waals surface area contributed by atoms with Crippen molar-refractivity contribution in [3.05, 3.63) is 41.0 Å². The largest absolute Gasteiger partial charge is 0.481 e. The van der Waals surface area contributed by atoms with Crippen LogP contribution < -0.4 is 10.6 Å². The molecule has 2 heterocycles. The zero-order valence-corrected chi connectivity index (χ0v) is 25.1. The topological polar surface area (TPSA) is 149 Å². The molecule has 11 heteroatoms. The summed E-state index contributed by atoms with van der Waals surface area (Å²) in [6.45, 7) is 7.55. The van der Waals surface area contributed by atoms with Crippen LogP contribution >= 0.6 is 11.3 Å². The van der Waals surface area contributed by atoms with E-state index in [9.17, 15) is 24.3 Å². The molecule has 1 fully saturated rings. The number of rotatable bonds is 14. The number of nitrogens with zero attached hydrogens (tertiary/aromatic N) is 2. The predicted molar refractivity (Wildman–Crippen MR) is 157 cm³/mol. The number of aliphatic hydroxyl groups is 1. The van der Waals surface area contributed by atoms with Gasteiger partial charge in [0.05, 0.1) is 27.6 Å². The summed E-state index contributed by atoms with van der Waals surface area (Å²) < 4.78 is 0. The summed E-state index contributed by atoms with van der Waals surface area (Å²) >= 11 is 1.58. The van der Waals surface area contributed by atoms with Crippen LogP contribution in [-0.4, -0.2) is 68.5 Å². The second-order valence-electron chi connectivity index (χ2n) is 11.4. The molecule has 0 spiro atoms. The number of carboxylic acid groups (broad SMARTS) is 1. The van der Waals surface area contributed by atoms with E-state index in [1.165, 1.54) is 4.90 Å². The van der Waals surface area contributed by atoms with Gasteiger partial charge in [0.2, 0.25) is 17.7 Å². The minimum absolute atomic E-state index is 0.0558. The first kappa shape index (κ1) is 32.2. The molecule has 1 aromatic carbocycles. The third-order valence-corrected chi connectivity index (χ3v) is 8.80. The zero-order chi connectivity index (χ0) is 30.2. The molecule has 41 heavy (non-hydrogen) atoms. The summed E-state index contributed by atoms with van der Waals surface area (Å²) in [6, 6.07) is 6.58. The molecule has 1 aliphatic heterocycles. The number of likely N-dealkylation sites (tertiary alicyclic amines) is 1. The third-order valence-electron chi connectivity index (χ3n) is 7.83. The Morgan fingerprint density at radius 3 is 2.37 bits per heavy atom. The van der Waals surface area contributed by atoms with Gasteiger partial charge in [-0.15, -0.1) is 11.3 Å². The maximum absolute atomic E-state index is 13.6. The van der Waals surface area contributed by atoms with Gasteiger partial charge < -0.3 is 25.7 Å². The first-order valence-electron chi connectivity index (χ1n) is 14.2. The molecule has 1 saturated heterocycles. The van der Waals surface area contributed by atoms with Crippen LogP contribution in [0.15, 0.2) is 29.8 Å². The number of benzene rings is 1. The first-order valence-corrected chi connectivity index (χ1v) is 15.1. The van der Waals surface area contributed by atoms with Crippen molar-refractivity contribution in [3.8, 4) is 10.4 Å². The van der Waals surface area contributed by atoms with Gasteiger partial charge in [0.15, 0.2) is 0 Å². The smallest absolute Gasteiger partial charge is 0.303 e. The van der Waals surface area contributed by atoms with Crippen LogP contribution in [0.25, 0.3) is 10.4 Å². The van der Waals surface area contributed by atoms with Crippen LogP contribution in [0, 0.1) is 12.3 Å². The van der Waals surface area contributed by atoms with Gasteiger partial charge in [-0.2, -0.15) is 0 Å². The standard InChI is InChI=1S/C30H42N4O6S/c1-19-27(41-18-32-19)22-13-11-21(12-14-22)16-31-28(39)24-15-23(35)17-34(24)29(40)30(3,4)20(2)33-25(36)9-7-5-6-8-10-26(37)38/h11-14,18,20,23-24,35H,5-10,15-17H2,1-4H3,(H,31,39)(H,33,36)(H,37,38)/t20-,23+,24-/m0/s1. The average Bonchev–Trinajstić information content (AvgIpc) is 3.54. The minimum Gasteiger partial charge on any atom is -0.481 e. The second kappa shape index (κ2) is 14.5. The quantitative estimate of drug-likeness (QED) is 0.247. The molecule has 1 aromatic heterocycles. The van der Waals surface area contributed by atoms with Gasteiger partial charge in [-0.05, 0) is 51.7 Å². The number of carbonyl (C=O) groups is 4. The number of carbonyl (C=O) groups excluding carboxylic acids is 3. The number of β-amino-alcohol motifs (C(OH)–C–C–N with tert-alkyl or cyclic N) is 1. The molecule has 0 aliphatic carbocycles. The molecule has 0 radical (unpaired) electrons. The van der Waals surface area contributed by atoms with Gasteiger partial charge in [-0.3, -0.25) is 19.2 Å². The molecule has 224 valence electrons. The maximum atomic E-state index is 13.6. The number of aryl methyl sites for hydroxylation is 1. The van der Waals surface area contributed by atoms with Crippen LogP contribution in [0.2, 0.25) is 0 Å². The molecule has 3 rings (SSSR count). The fourth-order valence-corrected chi connectivity index (χ4v) is 5.72. The summed E-state index contributed by atoms with van der Waals surface area (Å²) in [5.41, 5.74) is 3.76. The number of hydrogen-bond acceptors (Lipinski definition) is 7. The van der Waals surface area contributed by atoms with Gasteiger partial charge in [0.25, 0.3) is 0 Å². The summed E-state index contributed by atoms with van der Waals surface area (Å²) in [5.74, 6) is -1.63. The van der Waals surface area contributed by atoms with E-state index in [0.29, 0.717) is 25.8 Å². The monoisotopic (exact) mass is 586 g/mol. The van der Waals surface area contributed by atoms with Gasteiger partial charge in [-0.1, -0.05) is 37.1 Å². The lowest BCUT2D eigenvalue weighted by molar-refractivity contribution is -0.147. The molecular formula is C30H42N4O6S. The summed E-state index contributed by atoms with van der Waals surface area (Å²) in [6.07, 6.45) is 2.50. The molecule has 2 aromatic rings. The Kier molecular flexibility index (Phi) is 11.4. The van der Waals surface area contributed by atoms with Gasteiger partial charge in [-0.25, -0.2) is 4.98 Å². The lowest BCUT2D eigenvalue weighted by atomic mass is 9.83. The average molecular weight is 587 g/mol. The predicted octanol–water partition coefficient (Wildman–Crippen LogP) is 3.65. The van der Waals surface area contributed by atoms with E-state index in [1.807, 2.05) is 36.7 Å². The maximum Gasteiger partial charge on any atom is 0.303 e. The Morgan fingerprint density at radius 2 is 1.76 bits per heavy atom. The SMILES string of the molecule is Cc1ncsc1-c1ccc(CNC(=O)[C@@H]2C[C@@H](O)CN2C(=O)C(C)(C)[C@H](C)NC(=O)CCCCCCC(=O)O)cc1. The lowest BCUT2D eigenvalue weighted by Gasteiger charge is -2.36. The number of nitrogens with one attached hydrogen (secondary N) is 2. The Bertz CT molecular complexity index is 1210. The van der Waals surface area contributed by atoms with Crippen molar-refractivity contribution in [1.82, 2.24) is 20.5 Å². The number of hydrogen-bond donors (Lipinski definition) is 4. The van der Waals surface area contributed by atoms with E-state index in [1.54, 1.807) is 32.1 Å². The Labute approximate surface area is 245 Å². The minimum atomic E-state index is -1.01. The Balaban J connectivity index is 1.52. The number of aliphatic carboxylic acids is 1. The van der Waals surface area contributed by atoms with Crippen LogP contribution in [0.3, 0.4) is 0 Å². The van der Waals surface area contributed by atoms with Crippen molar-refractivity contribution in [1.29, 1.82) is 0 Å². The normalized spacial score (nSPS) is 17.7. The fourth-order valence-electron chi connectivity index (χ4n) is 4.91.